The normalized spacial score (nSPS) is 10.9. The number of rotatable bonds is 12. The molecule has 0 aromatic carbocycles. The Morgan fingerprint density at radius 1 is 1.13 bits per heavy atom. The average molecular weight is 431 g/mol. The van der Waals surface area contributed by atoms with Gasteiger partial charge < -0.3 is 18.6 Å². The molecule has 0 saturated carbocycles. The topological polar surface area (TPSA) is 81.8 Å². The van der Waals surface area contributed by atoms with Gasteiger partial charge in [-0.1, -0.05) is 19.8 Å². The fourth-order valence-corrected chi connectivity index (χ4v) is 3.92. The van der Waals surface area contributed by atoms with Gasteiger partial charge in [0, 0.05) is 24.2 Å². The minimum absolute atomic E-state index is 0.0661. The molecule has 0 aliphatic rings. The van der Waals surface area contributed by atoms with Crippen LogP contribution in [0, 0.1) is 13.8 Å². The first-order chi connectivity index (χ1) is 14.8. The molecule has 7 heteroatoms. The van der Waals surface area contributed by atoms with Gasteiger partial charge in [0.05, 0.1) is 26.0 Å². The Labute approximate surface area is 184 Å². The number of aromatic nitrogens is 1. The number of carbonyl (C=O) groups is 3. The van der Waals surface area contributed by atoms with Crippen molar-refractivity contribution in [2.45, 2.75) is 73.4 Å². The largest absolute Gasteiger partial charge is 0.467 e. The number of hydrogen-bond acceptors (Lipinski definition) is 5. The standard InChI is InChI=1S/C24H34N2O5/c1-6-9-10-13-21(28)25(15-19-12-11-14-31-19)16-20(27)22-17(4)23(24(29)30-8-3)26(7-2)18(22)5/h11-12,14H,6-10,13,15-16H2,1-5H3. The highest BCUT2D eigenvalue weighted by atomic mass is 16.5. The number of esters is 1. The van der Waals surface area contributed by atoms with Gasteiger partial charge in [0.15, 0.2) is 5.78 Å². The highest BCUT2D eigenvalue weighted by Gasteiger charge is 2.28. The van der Waals surface area contributed by atoms with E-state index in [1.165, 1.54) is 0 Å². The Hall–Kier alpha value is -2.83. The van der Waals surface area contributed by atoms with Crippen LogP contribution in [0.25, 0.3) is 0 Å². The van der Waals surface area contributed by atoms with Crippen molar-refractivity contribution in [3.63, 3.8) is 0 Å². The Kier molecular flexibility index (Phi) is 9.09. The smallest absolute Gasteiger partial charge is 0.355 e. The van der Waals surface area contributed by atoms with Crippen molar-refractivity contribution in [3.05, 3.63) is 46.7 Å². The summed E-state index contributed by atoms with van der Waals surface area (Å²) in [6, 6.07) is 3.55. The SMILES string of the molecule is CCCCCC(=O)N(CC(=O)c1c(C)c(C(=O)OCC)n(CC)c1C)Cc1ccco1. The third-order valence-electron chi connectivity index (χ3n) is 5.44. The fraction of sp³-hybridized carbons (Fsp3) is 0.542. The summed E-state index contributed by atoms with van der Waals surface area (Å²) in [4.78, 5) is 40.2. The predicted molar refractivity (Wildman–Crippen MR) is 118 cm³/mol. The van der Waals surface area contributed by atoms with Gasteiger partial charge in [0.25, 0.3) is 0 Å². The van der Waals surface area contributed by atoms with Crippen LogP contribution in [0.2, 0.25) is 0 Å². The van der Waals surface area contributed by atoms with Crippen molar-refractivity contribution >= 4 is 17.7 Å². The van der Waals surface area contributed by atoms with E-state index in [2.05, 4.69) is 6.92 Å². The number of ketones is 1. The summed E-state index contributed by atoms with van der Waals surface area (Å²) in [5.74, 6) is -0.0762. The van der Waals surface area contributed by atoms with Crippen molar-refractivity contribution in [2.24, 2.45) is 0 Å². The third-order valence-corrected chi connectivity index (χ3v) is 5.44. The molecule has 7 nitrogen and oxygen atoms in total. The first-order valence-corrected chi connectivity index (χ1v) is 11.1. The molecule has 0 unspecified atom stereocenters. The summed E-state index contributed by atoms with van der Waals surface area (Å²) >= 11 is 0. The van der Waals surface area contributed by atoms with Crippen LogP contribution in [0.5, 0.6) is 0 Å². The summed E-state index contributed by atoms with van der Waals surface area (Å²) in [6.45, 7) is 10.3. The maximum absolute atomic E-state index is 13.3. The summed E-state index contributed by atoms with van der Waals surface area (Å²) in [7, 11) is 0. The van der Waals surface area contributed by atoms with E-state index in [9.17, 15) is 14.4 Å². The van der Waals surface area contributed by atoms with E-state index in [0.717, 1.165) is 19.3 Å². The number of hydrogen-bond donors (Lipinski definition) is 0. The lowest BCUT2D eigenvalue weighted by Gasteiger charge is -2.21. The lowest BCUT2D eigenvalue weighted by Crippen LogP contribution is -2.35. The lowest BCUT2D eigenvalue weighted by atomic mass is 10.0. The second-order valence-electron chi connectivity index (χ2n) is 7.61. The quantitative estimate of drug-likeness (QED) is 0.277. The lowest BCUT2D eigenvalue weighted by molar-refractivity contribution is -0.131. The highest BCUT2D eigenvalue weighted by Crippen LogP contribution is 2.24. The number of amides is 1. The Balaban J connectivity index is 2.31. The summed E-state index contributed by atoms with van der Waals surface area (Å²) < 4.78 is 12.4. The van der Waals surface area contributed by atoms with Gasteiger partial charge in [-0.05, 0) is 51.8 Å². The zero-order valence-electron chi connectivity index (χ0n) is 19.3. The molecule has 0 bridgehead atoms. The minimum atomic E-state index is -0.438. The van der Waals surface area contributed by atoms with E-state index < -0.39 is 5.97 Å². The molecule has 0 aliphatic heterocycles. The van der Waals surface area contributed by atoms with E-state index in [4.69, 9.17) is 9.15 Å². The predicted octanol–water partition coefficient (Wildman–Crippen LogP) is 4.69. The fourth-order valence-electron chi connectivity index (χ4n) is 3.92. The van der Waals surface area contributed by atoms with E-state index in [-0.39, 0.29) is 31.4 Å². The van der Waals surface area contributed by atoms with Crippen LogP contribution in [0.1, 0.15) is 84.3 Å². The monoisotopic (exact) mass is 430 g/mol. The molecular weight excluding hydrogens is 396 g/mol. The van der Waals surface area contributed by atoms with Crippen LogP contribution < -0.4 is 0 Å². The molecule has 0 atom stereocenters. The number of unbranched alkanes of at least 4 members (excludes halogenated alkanes) is 2. The molecule has 2 aromatic rings. The highest BCUT2D eigenvalue weighted by molar-refractivity contribution is 6.04. The maximum atomic E-state index is 13.3. The van der Waals surface area contributed by atoms with Crippen LogP contribution >= 0.6 is 0 Å². The van der Waals surface area contributed by atoms with Crippen molar-refractivity contribution < 1.29 is 23.5 Å². The van der Waals surface area contributed by atoms with Gasteiger partial charge in [-0.2, -0.15) is 0 Å². The van der Waals surface area contributed by atoms with Gasteiger partial charge in [-0.25, -0.2) is 4.79 Å². The van der Waals surface area contributed by atoms with Crippen LogP contribution in [-0.2, 0) is 22.6 Å². The Morgan fingerprint density at radius 2 is 1.87 bits per heavy atom. The zero-order valence-corrected chi connectivity index (χ0v) is 19.3. The van der Waals surface area contributed by atoms with Gasteiger partial charge >= 0.3 is 5.97 Å². The third kappa shape index (κ3) is 5.87. The van der Waals surface area contributed by atoms with Crippen LogP contribution in [0.4, 0.5) is 0 Å². The first-order valence-electron chi connectivity index (χ1n) is 11.1. The second kappa shape index (κ2) is 11.5. The summed E-state index contributed by atoms with van der Waals surface area (Å²) in [5, 5.41) is 0. The van der Waals surface area contributed by atoms with E-state index in [1.54, 1.807) is 41.7 Å². The molecule has 0 saturated heterocycles. The molecule has 2 aromatic heterocycles. The Morgan fingerprint density at radius 3 is 2.45 bits per heavy atom. The van der Waals surface area contributed by atoms with Crippen LogP contribution in [-0.4, -0.2) is 40.3 Å². The average Bonchev–Trinajstić information content (AvgIpc) is 3.32. The molecule has 0 aliphatic carbocycles. The summed E-state index contributed by atoms with van der Waals surface area (Å²) in [5.41, 5.74) is 2.19. The van der Waals surface area contributed by atoms with Gasteiger partial charge in [0.1, 0.15) is 11.5 Å². The van der Waals surface area contributed by atoms with Crippen LogP contribution in [0.3, 0.4) is 0 Å². The van der Waals surface area contributed by atoms with Gasteiger partial charge in [0.2, 0.25) is 5.91 Å². The summed E-state index contributed by atoms with van der Waals surface area (Å²) in [6.07, 6.45) is 4.72. The number of Topliss-reactive ketones (excluding diaryl/α,β-unsaturated/α-hetero) is 1. The molecule has 0 radical (unpaired) electrons. The molecule has 31 heavy (non-hydrogen) atoms. The molecular formula is C24H34N2O5. The van der Waals surface area contributed by atoms with E-state index in [0.29, 0.717) is 41.2 Å². The molecule has 0 fully saturated rings. The van der Waals surface area contributed by atoms with E-state index in [1.807, 2.05) is 13.8 Å². The number of furan rings is 1. The Bertz CT molecular complexity index is 896. The van der Waals surface area contributed by atoms with Gasteiger partial charge in [-0.3, -0.25) is 9.59 Å². The van der Waals surface area contributed by atoms with Crippen molar-refractivity contribution in [3.8, 4) is 0 Å². The second-order valence-corrected chi connectivity index (χ2v) is 7.61. The molecule has 1 amide bonds. The van der Waals surface area contributed by atoms with Gasteiger partial charge in [-0.15, -0.1) is 0 Å². The molecule has 0 spiro atoms. The number of nitrogens with zero attached hydrogens (tertiary/aromatic N) is 2. The zero-order chi connectivity index (χ0) is 23.0. The maximum Gasteiger partial charge on any atom is 0.355 e. The van der Waals surface area contributed by atoms with Crippen molar-refractivity contribution in [2.75, 3.05) is 13.2 Å². The molecule has 170 valence electrons. The molecule has 2 heterocycles. The molecule has 0 N–H and O–H groups in total. The van der Waals surface area contributed by atoms with Crippen molar-refractivity contribution in [1.82, 2.24) is 9.47 Å². The number of ether oxygens (including phenoxy) is 1. The van der Waals surface area contributed by atoms with E-state index >= 15 is 0 Å². The molecule has 2 rings (SSSR count). The first kappa shape index (κ1) is 24.4. The minimum Gasteiger partial charge on any atom is -0.467 e. The number of carbonyl (C=O) groups excluding carboxylic acids is 3. The van der Waals surface area contributed by atoms with Crippen molar-refractivity contribution in [1.29, 1.82) is 0 Å². The van der Waals surface area contributed by atoms with Crippen LogP contribution in [0.15, 0.2) is 22.8 Å².